The molecular weight excluding hydrogens is 534 g/mol. The molecule has 0 saturated heterocycles. The van der Waals surface area contributed by atoms with E-state index in [4.69, 9.17) is 0 Å². The molecule has 3 aromatic carbocycles. The van der Waals surface area contributed by atoms with E-state index in [0.717, 1.165) is 39.2 Å². The molecule has 220 valence electrons. The van der Waals surface area contributed by atoms with E-state index in [2.05, 4.69) is 19.2 Å². The van der Waals surface area contributed by atoms with Crippen LogP contribution in [0, 0.1) is 6.92 Å². The van der Waals surface area contributed by atoms with Crippen LogP contribution in [0.15, 0.2) is 78.9 Å². The lowest BCUT2D eigenvalue weighted by atomic mass is 10.0. The Balaban J connectivity index is 2.04. The van der Waals surface area contributed by atoms with Crippen molar-refractivity contribution in [3.63, 3.8) is 0 Å². The van der Waals surface area contributed by atoms with Gasteiger partial charge in [-0.2, -0.15) is 0 Å². The molecule has 0 aliphatic rings. The quantitative estimate of drug-likeness (QED) is 0.293. The van der Waals surface area contributed by atoms with Crippen molar-refractivity contribution in [1.29, 1.82) is 0 Å². The van der Waals surface area contributed by atoms with Crippen LogP contribution in [0.2, 0.25) is 0 Å². The molecule has 0 aliphatic heterocycles. The molecule has 0 spiro atoms. The van der Waals surface area contributed by atoms with Gasteiger partial charge in [0.1, 0.15) is 12.6 Å². The Hall–Kier alpha value is -3.65. The summed E-state index contributed by atoms with van der Waals surface area (Å²) in [5.41, 5.74) is 4.31. The molecule has 0 aliphatic carbocycles. The third-order valence-electron chi connectivity index (χ3n) is 7.27. The van der Waals surface area contributed by atoms with E-state index in [9.17, 15) is 18.0 Å². The first-order valence-corrected chi connectivity index (χ1v) is 16.0. The van der Waals surface area contributed by atoms with Crippen molar-refractivity contribution >= 4 is 27.5 Å². The summed E-state index contributed by atoms with van der Waals surface area (Å²) in [6, 6.07) is 23.6. The molecule has 0 heterocycles. The Kier molecular flexibility index (Phi) is 11.1. The average Bonchev–Trinajstić information content (AvgIpc) is 2.94. The zero-order chi connectivity index (χ0) is 30.2. The summed E-state index contributed by atoms with van der Waals surface area (Å²) in [5.74, 6) is -0.440. The fraction of sp³-hybridized carbons (Fsp3) is 0.394. The molecule has 0 unspecified atom stereocenters. The minimum absolute atomic E-state index is 0.0795. The van der Waals surface area contributed by atoms with Gasteiger partial charge in [0.15, 0.2) is 0 Å². The Labute approximate surface area is 245 Å². The summed E-state index contributed by atoms with van der Waals surface area (Å²) >= 11 is 0. The van der Waals surface area contributed by atoms with Crippen LogP contribution in [-0.2, 0) is 32.6 Å². The number of benzene rings is 3. The number of anilines is 1. The van der Waals surface area contributed by atoms with Crippen LogP contribution in [0.1, 0.15) is 62.3 Å². The summed E-state index contributed by atoms with van der Waals surface area (Å²) in [6.07, 6.45) is 2.13. The molecule has 0 fully saturated rings. The maximum absolute atomic E-state index is 14.2. The molecule has 0 radical (unpaired) electrons. The number of nitrogens with one attached hydrogen (secondary N) is 1. The predicted molar refractivity (Wildman–Crippen MR) is 166 cm³/mol. The first-order valence-electron chi connectivity index (χ1n) is 14.2. The molecule has 2 amide bonds. The second kappa shape index (κ2) is 14.3. The molecule has 3 rings (SSSR count). The van der Waals surface area contributed by atoms with Crippen molar-refractivity contribution in [3.8, 4) is 0 Å². The van der Waals surface area contributed by atoms with Crippen LogP contribution in [0.4, 0.5) is 5.69 Å². The molecule has 0 aromatic heterocycles. The highest BCUT2D eigenvalue weighted by atomic mass is 32.2. The molecule has 1 N–H and O–H groups in total. The number of hydrogen-bond acceptors (Lipinski definition) is 4. The molecular formula is C33H43N3O4S. The third kappa shape index (κ3) is 9.18. The number of amides is 2. The smallest absolute Gasteiger partial charge is 0.244 e. The first-order chi connectivity index (χ1) is 19.4. The van der Waals surface area contributed by atoms with Crippen molar-refractivity contribution in [2.75, 3.05) is 17.1 Å². The lowest BCUT2D eigenvalue weighted by Gasteiger charge is -2.34. The normalized spacial score (nSPS) is 13.0. The lowest BCUT2D eigenvalue weighted by Crippen LogP contribution is -2.54. The van der Waals surface area contributed by atoms with Crippen LogP contribution in [0.3, 0.4) is 0 Å². The highest BCUT2D eigenvalue weighted by Gasteiger charge is 2.33. The second-order valence-corrected chi connectivity index (χ2v) is 13.0. The maximum Gasteiger partial charge on any atom is 0.244 e. The summed E-state index contributed by atoms with van der Waals surface area (Å²) in [7, 11) is -3.80. The average molecular weight is 578 g/mol. The van der Waals surface area contributed by atoms with E-state index in [1.165, 1.54) is 4.90 Å². The lowest BCUT2D eigenvalue weighted by molar-refractivity contribution is -0.140. The van der Waals surface area contributed by atoms with E-state index in [-0.39, 0.29) is 24.4 Å². The number of hydrogen-bond donors (Lipinski definition) is 1. The van der Waals surface area contributed by atoms with Gasteiger partial charge in [0.05, 0.1) is 11.9 Å². The molecule has 41 heavy (non-hydrogen) atoms. The first kappa shape index (κ1) is 31.9. The van der Waals surface area contributed by atoms with Gasteiger partial charge >= 0.3 is 0 Å². The molecule has 7 nitrogen and oxygen atoms in total. The van der Waals surface area contributed by atoms with Crippen molar-refractivity contribution in [1.82, 2.24) is 10.2 Å². The number of carbonyl (C=O) groups is 2. The summed E-state index contributed by atoms with van der Waals surface area (Å²) < 4.78 is 27.0. The van der Waals surface area contributed by atoms with Gasteiger partial charge in [0, 0.05) is 19.0 Å². The summed E-state index contributed by atoms with van der Waals surface area (Å²) in [4.78, 5) is 29.4. The maximum atomic E-state index is 14.2. The molecule has 2 atom stereocenters. The number of nitrogens with zero attached hydrogens (tertiary/aromatic N) is 2. The van der Waals surface area contributed by atoms with Crippen LogP contribution < -0.4 is 9.62 Å². The highest BCUT2D eigenvalue weighted by Crippen LogP contribution is 2.23. The van der Waals surface area contributed by atoms with Crippen LogP contribution >= 0.6 is 0 Å². The van der Waals surface area contributed by atoms with Gasteiger partial charge in [0.25, 0.3) is 0 Å². The Bertz CT molecular complexity index is 1390. The highest BCUT2D eigenvalue weighted by molar-refractivity contribution is 7.92. The number of sulfonamides is 1. The fourth-order valence-electron chi connectivity index (χ4n) is 4.52. The van der Waals surface area contributed by atoms with Gasteiger partial charge in [0.2, 0.25) is 21.8 Å². The number of aryl methyl sites for hydroxylation is 1. The van der Waals surface area contributed by atoms with Gasteiger partial charge in [-0.25, -0.2) is 8.42 Å². The van der Waals surface area contributed by atoms with Gasteiger partial charge in [-0.3, -0.25) is 13.9 Å². The van der Waals surface area contributed by atoms with E-state index < -0.39 is 28.5 Å². The Morgan fingerprint density at radius 3 is 2.00 bits per heavy atom. The standard InChI is InChI=1S/C33H43N3O4S/c1-7-26(5)34-33(38)31(21-27-11-9-8-10-12-27)35(22-28-15-13-25(4)14-16-28)32(37)23-36(41(6,39)40)30-19-17-29(18-20-30)24(2)3/h8-20,24,26,31H,7,21-23H2,1-6H3,(H,34,38)/t26-,31+/m1/s1. The number of rotatable bonds is 13. The van der Waals surface area contributed by atoms with Crippen LogP contribution in [0.25, 0.3) is 0 Å². The zero-order valence-corrected chi connectivity index (χ0v) is 25.8. The van der Waals surface area contributed by atoms with E-state index in [1.54, 1.807) is 12.1 Å². The zero-order valence-electron chi connectivity index (χ0n) is 25.0. The Morgan fingerprint density at radius 1 is 0.854 bits per heavy atom. The largest absolute Gasteiger partial charge is 0.352 e. The second-order valence-electron chi connectivity index (χ2n) is 11.0. The van der Waals surface area contributed by atoms with Crippen molar-refractivity contribution < 1.29 is 18.0 Å². The molecule has 0 bridgehead atoms. The van der Waals surface area contributed by atoms with Crippen LogP contribution in [0.5, 0.6) is 0 Å². The topological polar surface area (TPSA) is 86.8 Å². The van der Waals surface area contributed by atoms with Crippen molar-refractivity contribution in [2.45, 2.75) is 72.0 Å². The fourth-order valence-corrected chi connectivity index (χ4v) is 5.37. The van der Waals surface area contributed by atoms with Gasteiger partial charge in [-0.15, -0.1) is 0 Å². The van der Waals surface area contributed by atoms with Crippen molar-refractivity contribution in [2.24, 2.45) is 0 Å². The monoisotopic (exact) mass is 577 g/mol. The summed E-state index contributed by atoms with van der Waals surface area (Å²) in [6.45, 7) is 9.76. The minimum Gasteiger partial charge on any atom is -0.352 e. The number of carbonyl (C=O) groups excluding carboxylic acids is 2. The van der Waals surface area contributed by atoms with Gasteiger partial charge in [-0.1, -0.05) is 93.1 Å². The Morgan fingerprint density at radius 2 is 1.46 bits per heavy atom. The predicted octanol–water partition coefficient (Wildman–Crippen LogP) is 5.44. The third-order valence-corrected chi connectivity index (χ3v) is 8.41. The molecule has 3 aromatic rings. The van der Waals surface area contributed by atoms with E-state index in [1.807, 2.05) is 87.5 Å². The van der Waals surface area contributed by atoms with Gasteiger partial charge < -0.3 is 10.2 Å². The van der Waals surface area contributed by atoms with E-state index in [0.29, 0.717) is 12.1 Å². The minimum atomic E-state index is -3.80. The van der Waals surface area contributed by atoms with E-state index >= 15 is 0 Å². The summed E-state index contributed by atoms with van der Waals surface area (Å²) in [5, 5.41) is 3.05. The van der Waals surface area contributed by atoms with Crippen molar-refractivity contribution in [3.05, 3.63) is 101 Å². The van der Waals surface area contributed by atoms with Gasteiger partial charge in [-0.05, 0) is 55.0 Å². The molecule has 0 saturated carbocycles. The van der Waals surface area contributed by atoms with Crippen LogP contribution in [-0.4, -0.2) is 50.0 Å². The molecule has 8 heteroatoms. The SMILES string of the molecule is CC[C@@H](C)NC(=O)[C@H](Cc1ccccc1)N(Cc1ccc(C)cc1)C(=O)CN(c1ccc(C(C)C)cc1)S(C)(=O)=O.